The number of nitrogens with zero attached hydrogens (tertiary/aromatic N) is 3. The lowest BCUT2D eigenvalue weighted by Crippen LogP contribution is -2.51. The van der Waals surface area contributed by atoms with Gasteiger partial charge in [-0.15, -0.1) is 11.3 Å². The van der Waals surface area contributed by atoms with Gasteiger partial charge in [0.25, 0.3) is 11.6 Å². The topological polar surface area (TPSA) is 114 Å². The number of carbonyl (C=O) groups is 2. The maximum absolute atomic E-state index is 12.5. The van der Waals surface area contributed by atoms with E-state index in [9.17, 15) is 24.8 Å². The highest BCUT2D eigenvalue weighted by Gasteiger charge is 2.52. The number of nitro benzene ring substituents is 1. The Bertz CT molecular complexity index is 1070. The van der Waals surface area contributed by atoms with Crippen molar-refractivity contribution in [3.8, 4) is 0 Å². The smallest absolute Gasteiger partial charge is 0.353 e. The molecule has 0 saturated carbocycles. The number of fused-ring (bicyclic) bond motifs is 1. The van der Waals surface area contributed by atoms with Crippen molar-refractivity contribution in [1.82, 2.24) is 9.88 Å². The summed E-state index contributed by atoms with van der Waals surface area (Å²) in [6.07, 6.45) is 1.99. The number of carboxylic acid groups (broad SMARTS) is 1. The number of carbonyl (C=O) groups excluding carboxylic acids is 1. The maximum atomic E-state index is 12.5. The maximum Gasteiger partial charge on any atom is 0.353 e. The van der Waals surface area contributed by atoms with E-state index < -0.39 is 10.9 Å². The van der Waals surface area contributed by atoms with Crippen LogP contribution in [0.5, 0.6) is 0 Å². The normalized spacial score (nSPS) is 19.8. The minimum Gasteiger partial charge on any atom is -0.477 e. The van der Waals surface area contributed by atoms with Gasteiger partial charge in [0, 0.05) is 28.8 Å². The molecule has 0 unspecified atom stereocenters. The average molecular weight is 415 g/mol. The van der Waals surface area contributed by atoms with E-state index in [0.717, 1.165) is 10.6 Å². The predicted molar refractivity (Wildman–Crippen MR) is 105 cm³/mol. The Hall–Kier alpha value is -2.98. The van der Waals surface area contributed by atoms with Gasteiger partial charge in [-0.25, -0.2) is 9.78 Å². The number of hydrogen-bond donors (Lipinski definition) is 1. The second-order valence-corrected chi connectivity index (χ2v) is 8.45. The summed E-state index contributed by atoms with van der Waals surface area (Å²) in [5.41, 5.74) is 1.89. The summed E-state index contributed by atoms with van der Waals surface area (Å²) in [5.74, 6) is -1.50. The van der Waals surface area contributed by atoms with Crippen molar-refractivity contribution in [2.45, 2.75) is 18.7 Å². The van der Waals surface area contributed by atoms with Crippen LogP contribution in [0.2, 0.25) is 0 Å². The fourth-order valence-corrected chi connectivity index (χ4v) is 5.08. The summed E-state index contributed by atoms with van der Waals surface area (Å²) in [5, 5.41) is 22.7. The lowest BCUT2D eigenvalue weighted by atomic mass is 10.0. The van der Waals surface area contributed by atoms with E-state index in [-0.39, 0.29) is 29.1 Å². The zero-order valence-corrected chi connectivity index (χ0v) is 16.1. The molecule has 0 radical (unpaired) electrons. The third-order valence-corrected chi connectivity index (χ3v) is 6.48. The second kappa shape index (κ2) is 6.88. The Balaban J connectivity index is 1.60. The molecule has 8 nitrogen and oxygen atoms in total. The molecule has 0 aliphatic carbocycles. The van der Waals surface area contributed by atoms with Crippen LogP contribution in [0.3, 0.4) is 0 Å². The number of hydrogen-bond acceptors (Lipinski definition) is 7. The first-order valence-electron chi connectivity index (χ1n) is 8.19. The van der Waals surface area contributed by atoms with E-state index in [1.54, 1.807) is 18.2 Å². The number of non-ortho nitro benzene ring substituents is 1. The summed E-state index contributed by atoms with van der Waals surface area (Å²) in [7, 11) is 0. The quantitative estimate of drug-likeness (QED) is 0.345. The van der Waals surface area contributed by atoms with Gasteiger partial charge < -0.3 is 5.11 Å². The zero-order valence-electron chi connectivity index (χ0n) is 14.5. The molecule has 3 heterocycles. The number of thiazole rings is 1. The number of nitro groups is 1. The monoisotopic (exact) mass is 415 g/mol. The fraction of sp³-hybridized carbons (Fsp3) is 0.167. The van der Waals surface area contributed by atoms with Crippen molar-refractivity contribution in [2.24, 2.45) is 0 Å². The molecule has 0 spiro atoms. The first-order valence-corrected chi connectivity index (χ1v) is 9.95. The van der Waals surface area contributed by atoms with Crippen LogP contribution in [0.15, 0.2) is 45.8 Å². The highest BCUT2D eigenvalue weighted by molar-refractivity contribution is 8.04. The van der Waals surface area contributed by atoms with Gasteiger partial charge in [0.05, 0.1) is 21.2 Å². The third-order valence-electron chi connectivity index (χ3n) is 4.38. The molecule has 28 heavy (non-hydrogen) atoms. The number of amides is 1. The molecule has 1 N–H and O–H groups in total. The van der Waals surface area contributed by atoms with Crippen LogP contribution in [0, 0.1) is 17.0 Å². The Morgan fingerprint density at radius 2 is 2.11 bits per heavy atom. The molecule has 4 rings (SSSR count). The van der Waals surface area contributed by atoms with Crippen molar-refractivity contribution in [3.05, 3.63) is 72.2 Å². The summed E-state index contributed by atoms with van der Waals surface area (Å²) in [4.78, 5) is 40.8. The molecule has 1 atom stereocenters. The van der Waals surface area contributed by atoms with Crippen molar-refractivity contribution in [3.63, 3.8) is 0 Å². The van der Waals surface area contributed by atoms with Crippen molar-refractivity contribution in [1.29, 1.82) is 0 Å². The first-order chi connectivity index (χ1) is 13.3. The average Bonchev–Trinajstić information content (AvgIpc) is 3.21. The van der Waals surface area contributed by atoms with Crippen LogP contribution in [-0.4, -0.2) is 37.2 Å². The van der Waals surface area contributed by atoms with E-state index in [1.165, 1.54) is 40.1 Å². The van der Waals surface area contributed by atoms with Crippen LogP contribution >= 0.6 is 23.1 Å². The van der Waals surface area contributed by atoms with Gasteiger partial charge in [0.1, 0.15) is 11.1 Å². The van der Waals surface area contributed by atoms with E-state index >= 15 is 0 Å². The summed E-state index contributed by atoms with van der Waals surface area (Å²) in [6.45, 7) is 1.87. The van der Waals surface area contributed by atoms with Gasteiger partial charge in [-0.05, 0) is 18.6 Å². The molecule has 0 bridgehead atoms. The number of β-lactam (4-membered cyclic amide) rings is 1. The minimum atomic E-state index is -1.16. The molecule has 1 saturated heterocycles. The number of aliphatic carboxylic acids is 1. The van der Waals surface area contributed by atoms with Crippen LogP contribution in [0.4, 0.5) is 5.69 Å². The number of aromatic nitrogens is 1. The number of aryl methyl sites for hydroxylation is 1. The van der Waals surface area contributed by atoms with Crippen LogP contribution in [0.25, 0.3) is 6.08 Å². The van der Waals surface area contributed by atoms with Crippen LogP contribution < -0.4 is 0 Å². The Labute approximate surface area is 167 Å². The van der Waals surface area contributed by atoms with Crippen molar-refractivity contribution in [2.75, 3.05) is 0 Å². The molecule has 1 fully saturated rings. The van der Waals surface area contributed by atoms with Crippen molar-refractivity contribution < 1.29 is 19.6 Å². The second-order valence-electron chi connectivity index (χ2n) is 6.21. The van der Waals surface area contributed by atoms with Gasteiger partial charge in [0.15, 0.2) is 0 Å². The summed E-state index contributed by atoms with van der Waals surface area (Å²) >= 11 is 2.80. The minimum absolute atomic E-state index is 0.0232. The lowest BCUT2D eigenvalue weighted by molar-refractivity contribution is -0.384. The standard InChI is InChI=1S/C18H13N3O5S2/c1-9-19-11(8-27-9)7-13-16(22)20-15(18(23)24)14(28-17(13)20)6-10-2-4-12(5-3-10)21(25)26/h2-5,7-8,17H,6H2,1H3,(H,23,24)/b13-7+/t17-/m1/s1. The lowest BCUT2D eigenvalue weighted by Gasteiger charge is -2.36. The molecule has 1 amide bonds. The Kier molecular flexibility index (Phi) is 4.52. The summed E-state index contributed by atoms with van der Waals surface area (Å²) in [6, 6.07) is 5.95. The van der Waals surface area contributed by atoms with Gasteiger partial charge in [-0.3, -0.25) is 19.8 Å². The van der Waals surface area contributed by atoms with Crippen LogP contribution in [0.1, 0.15) is 16.3 Å². The first kappa shape index (κ1) is 18.4. The third kappa shape index (κ3) is 3.10. The predicted octanol–water partition coefficient (Wildman–Crippen LogP) is 3.20. The van der Waals surface area contributed by atoms with Gasteiger partial charge in [-0.1, -0.05) is 23.9 Å². The van der Waals surface area contributed by atoms with Gasteiger partial charge >= 0.3 is 5.97 Å². The highest BCUT2D eigenvalue weighted by atomic mass is 32.2. The Morgan fingerprint density at radius 3 is 2.68 bits per heavy atom. The van der Waals surface area contributed by atoms with E-state index in [4.69, 9.17) is 0 Å². The molecular formula is C18H13N3O5S2. The molecule has 142 valence electrons. The van der Waals surface area contributed by atoms with Gasteiger partial charge in [0.2, 0.25) is 0 Å². The molecule has 1 aromatic carbocycles. The zero-order chi connectivity index (χ0) is 20.0. The molecular weight excluding hydrogens is 402 g/mol. The molecule has 10 heteroatoms. The number of thioether (sulfide) groups is 1. The fourth-order valence-electron chi connectivity index (χ4n) is 3.09. The van der Waals surface area contributed by atoms with Crippen LogP contribution in [-0.2, 0) is 16.0 Å². The summed E-state index contributed by atoms with van der Waals surface area (Å²) < 4.78 is 0. The molecule has 1 aromatic heterocycles. The number of benzene rings is 1. The van der Waals surface area contributed by atoms with E-state index in [0.29, 0.717) is 16.2 Å². The Morgan fingerprint density at radius 1 is 1.39 bits per heavy atom. The van der Waals surface area contributed by atoms with E-state index in [2.05, 4.69) is 4.98 Å². The number of rotatable bonds is 5. The highest BCUT2D eigenvalue weighted by Crippen LogP contribution is 2.50. The SMILES string of the molecule is Cc1nc(/C=C2\C(=O)N3C(C(=O)O)=C(Cc4ccc([N+](=O)[O-])cc4)S[C@H]23)cs1. The van der Waals surface area contributed by atoms with E-state index in [1.807, 2.05) is 12.3 Å². The van der Waals surface area contributed by atoms with Crippen molar-refractivity contribution >= 4 is 46.7 Å². The number of carboxylic acids is 1. The molecule has 2 aliphatic rings. The molecule has 2 aromatic rings. The van der Waals surface area contributed by atoms with Gasteiger partial charge in [-0.2, -0.15) is 0 Å². The number of allylic oxidation sites excluding steroid dienone is 1. The largest absolute Gasteiger partial charge is 0.477 e. The molecule has 2 aliphatic heterocycles.